The van der Waals surface area contributed by atoms with Gasteiger partial charge in [0.25, 0.3) is 0 Å². The van der Waals surface area contributed by atoms with Gasteiger partial charge in [-0.05, 0) is 43.3 Å². The first-order valence-electron chi connectivity index (χ1n) is 7.74. The van der Waals surface area contributed by atoms with Crippen molar-refractivity contribution in [1.82, 2.24) is 4.90 Å². The fourth-order valence-corrected chi connectivity index (χ4v) is 4.60. The molecule has 1 aliphatic rings. The molecule has 1 aliphatic heterocycles. The third-order valence-corrected chi connectivity index (χ3v) is 5.81. The Hall–Kier alpha value is -1.62. The maximum Gasteiger partial charge on any atom is 0.183 e. The van der Waals surface area contributed by atoms with Gasteiger partial charge in [0.1, 0.15) is 0 Å². The smallest absolute Gasteiger partial charge is 0.183 e. The highest BCUT2D eigenvalue weighted by molar-refractivity contribution is 7.90. The molecule has 0 amide bonds. The van der Waals surface area contributed by atoms with Gasteiger partial charge in [0.05, 0.1) is 10.6 Å². The molecule has 3 nitrogen and oxygen atoms in total. The van der Waals surface area contributed by atoms with Crippen LogP contribution in [0.3, 0.4) is 0 Å². The first-order valence-corrected chi connectivity index (χ1v) is 9.39. The summed E-state index contributed by atoms with van der Waals surface area (Å²) in [7, 11) is 0.762. The van der Waals surface area contributed by atoms with Gasteiger partial charge in [-0.1, -0.05) is 48.5 Å². The van der Waals surface area contributed by atoms with Crippen molar-refractivity contribution >= 4 is 27.8 Å². The molecule has 24 heavy (non-hydrogen) atoms. The Bertz CT molecular complexity index is 857. The number of halogens is 1. The highest BCUT2D eigenvalue weighted by Gasteiger charge is 2.27. The van der Waals surface area contributed by atoms with Crippen molar-refractivity contribution in [3.63, 3.8) is 0 Å². The van der Waals surface area contributed by atoms with E-state index in [9.17, 15) is 8.42 Å². The molecule has 0 atom stereocenters. The molecule has 2 aromatic rings. The third kappa shape index (κ3) is 3.72. The Balaban J connectivity index is 0.00000208. The molecule has 0 aromatic heterocycles. The van der Waals surface area contributed by atoms with Crippen molar-refractivity contribution < 1.29 is 8.42 Å². The maximum atomic E-state index is 12.7. The Kier molecular flexibility index (Phi) is 5.86. The van der Waals surface area contributed by atoms with E-state index in [1.807, 2.05) is 50.5 Å². The van der Waals surface area contributed by atoms with Gasteiger partial charge in [0, 0.05) is 12.1 Å². The average molecular weight is 364 g/mol. The van der Waals surface area contributed by atoms with Crippen LogP contribution in [-0.4, -0.2) is 34.0 Å². The summed E-state index contributed by atoms with van der Waals surface area (Å²) in [6.45, 7) is 0.931. The van der Waals surface area contributed by atoms with Crippen molar-refractivity contribution in [3.8, 4) is 0 Å². The minimum Gasteiger partial charge on any atom is -0.309 e. The van der Waals surface area contributed by atoms with Crippen LogP contribution in [0.1, 0.15) is 23.1 Å². The molecule has 0 saturated carbocycles. The zero-order chi connectivity index (χ0) is 16.4. The van der Waals surface area contributed by atoms with Gasteiger partial charge in [-0.25, -0.2) is 8.42 Å². The quantitative estimate of drug-likeness (QED) is 0.832. The summed E-state index contributed by atoms with van der Waals surface area (Å²) in [4.78, 5) is 2.56. The van der Waals surface area contributed by atoms with Gasteiger partial charge in [0.2, 0.25) is 0 Å². The lowest BCUT2D eigenvalue weighted by Gasteiger charge is -2.12. The van der Waals surface area contributed by atoms with E-state index in [0.717, 1.165) is 35.2 Å². The monoisotopic (exact) mass is 363 g/mol. The average Bonchev–Trinajstić information content (AvgIpc) is 2.60. The van der Waals surface area contributed by atoms with Crippen LogP contribution < -0.4 is 0 Å². The van der Waals surface area contributed by atoms with Gasteiger partial charge < -0.3 is 4.90 Å². The van der Waals surface area contributed by atoms with E-state index in [2.05, 4.69) is 11.0 Å². The standard InChI is InChI=1S/C19H21NO2S.ClH/c1-20(2)13-7-11-17-16-9-4-3-8-15(16)14-23(21,22)19-12-6-5-10-18(17)19;/h3-6,8-12H,7,13-14H2,1-2H3;1H/b17-11+;. The second-order valence-corrected chi connectivity index (χ2v) is 8.08. The summed E-state index contributed by atoms with van der Waals surface area (Å²) in [6.07, 6.45) is 3.05. The zero-order valence-corrected chi connectivity index (χ0v) is 15.5. The lowest BCUT2D eigenvalue weighted by atomic mass is 9.93. The minimum absolute atomic E-state index is 0. The van der Waals surface area contributed by atoms with Gasteiger partial charge in [-0.3, -0.25) is 0 Å². The summed E-state index contributed by atoms with van der Waals surface area (Å²) >= 11 is 0. The normalized spacial score (nSPS) is 16.9. The molecule has 1 heterocycles. The van der Waals surface area contributed by atoms with Gasteiger partial charge in [-0.15, -0.1) is 12.4 Å². The molecule has 0 bridgehead atoms. The second kappa shape index (κ2) is 7.51. The maximum absolute atomic E-state index is 12.7. The van der Waals surface area contributed by atoms with E-state index < -0.39 is 9.84 Å². The molecule has 0 N–H and O–H groups in total. The van der Waals surface area contributed by atoms with E-state index in [1.165, 1.54) is 0 Å². The van der Waals surface area contributed by atoms with Crippen molar-refractivity contribution in [3.05, 3.63) is 71.3 Å². The molecule has 128 valence electrons. The summed E-state index contributed by atoms with van der Waals surface area (Å²) < 4.78 is 25.5. The SMILES string of the molecule is CN(C)CC/C=C1\c2ccccc2CS(=O)(=O)c2ccccc21.Cl. The lowest BCUT2D eigenvalue weighted by molar-refractivity contribution is 0.417. The number of rotatable bonds is 3. The number of sulfone groups is 1. The number of hydrogen-bond acceptors (Lipinski definition) is 3. The van der Waals surface area contributed by atoms with Gasteiger partial charge in [0.15, 0.2) is 9.84 Å². The number of hydrogen-bond donors (Lipinski definition) is 0. The number of nitrogens with zero attached hydrogens (tertiary/aromatic N) is 1. The van der Waals surface area contributed by atoms with E-state index in [1.54, 1.807) is 12.1 Å². The fourth-order valence-electron chi connectivity index (χ4n) is 2.98. The van der Waals surface area contributed by atoms with Crippen LogP contribution in [0.2, 0.25) is 0 Å². The summed E-state index contributed by atoms with van der Waals surface area (Å²) in [5, 5.41) is 0. The second-order valence-electron chi connectivity index (χ2n) is 6.12. The molecule has 0 radical (unpaired) electrons. The Labute approximate surface area is 150 Å². The number of benzene rings is 2. The fraction of sp³-hybridized carbons (Fsp3) is 0.263. The Morgan fingerprint density at radius 1 is 1.00 bits per heavy atom. The van der Waals surface area contributed by atoms with Crippen LogP contribution in [0.15, 0.2) is 59.5 Å². The Morgan fingerprint density at radius 2 is 1.62 bits per heavy atom. The molecule has 0 fully saturated rings. The predicted molar refractivity (Wildman–Crippen MR) is 101 cm³/mol. The molecule has 0 saturated heterocycles. The van der Waals surface area contributed by atoms with Crippen LogP contribution in [0.5, 0.6) is 0 Å². The first kappa shape index (κ1) is 18.7. The zero-order valence-electron chi connectivity index (χ0n) is 13.9. The van der Waals surface area contributed by atoms with Crippen molar-refractivity contribution in [2.24, 2.45) is 0 Å². The molecule has 0 aliphatic carbocycles. The van der Waals surface area contributed by atoms with E-state index in [-0.39, 0.29) is 18.2 Å². The predicted octanol–water partition coefficient (Wildman–Crippen LogP) is 3.78. The molecule has 2 aromatic carbocycles. The first-order chi connectivity index (χ1) is 11.0. The highest BCUT2D eigenvalue weighted by atomic mass is 35.5. The summed E-state index contributed by atoms with van der Waals surface area (Å²) in [5.74, 6) is 0.0607. The van der Waals surface area contributed by atoms with E-state index in [4.69, 9.17) is 0 Å². The van der Waals surface area contributed by atoms with Crippen molar-refractivity contribution in [2.75, 3.05) is 20.6 Å². The van der Waals surface area contributed by atoms with Gasteiger partial charge in [-0.2, -0.15) is 0 Å². The molecule has 3 rings (SSSR count). The van der Waals surface area contributed by atoms with Crippen LogP contribution in [0.25, 0.3) is 5.57 Å². The third-order valence-electron chi connectivity index (χ3n) is 4.09. The molecular weight excluding hydrogens is 342 g/mol. The van der Waals surface area contributed by atoms with Crippen molar-refractivity contribution in [2.45, 2.75) is 17.1 Å². The van der Waals surface area contributed by atoms with E-state index >= 15 is 0 Å². The Morgan fingerprint density at radius 3 is 2.33 bits per heavy atom. The molecule has 0 spiro atoms. The summed E-state index contributed by atoms with van der Waals surface area (Å²) in [6, 6.07) is 15.1. The van der Waals surface area contributed by atoms with Crippen LogP contribution in [0, 0.1) is 0 Å². The molecule has 0 unspecified atom stereocenters. The van der Waals surface area contributed by atoms with Crippen LogP contribution in [0.4, 0.5) is 0 Å². The molecular formula is C19H22ClNO2S. The van der Waals surface area contributed by atoms with Crippen LogP contribution >= 0.6 is 12.4 Å². The molecule has 5 heteroatoms. The topological polar surface area (TPSA) is 37.4 Å². The van der Waals surface area contributed by atoms with Crippen LogP contribution in [-0.2, 0) is 15.6 Å². The minimum atomic E-state index is -3.32. The highest BCUT2D eigenvalue weighted by Crippen LogP contribution is 2.36. The largest absolute Gasteiger partial charge is 0.309 e. The lowest BCUT2D eigenvalue weighted by Crippen LogP contribution is -2.12. The number of fused-ring (bicyclic) bond motifs is 2. The van der Waals surface area contributed by atoms with E-state index in [0.29, 0.717) is 4.90 Å². The van der Waals surface area contributed by atoms with Crippen molar-refractivity contribution in [1.29, 1.82) is 0 Å². The van der Waals surface area contributed by atoms with Gasteiger partial charge >= 0.3 is 0 Å². The summed E-state index contributed by atoms with van der Waals surface area (Å²) in [5.41, 5.74) is 3.75.